The van der Waals surface area contributed by atoms with Crippen LogP contribution < -0.4 is 10.7 Å². The topological polar surface area (TPSA) is 99.8 Å². The van der Waals surface area contributed by atoms with Crippen molar-refractivity contribution in [2.45, 2.75) is 6.54 Å². The lowest BCUT2D eigenvalue weighted by Crippen LogP contribution is -2.05. The Balaban J connectivity index is 0.00000145. The maximum absolute atomic E-state index is 11.4. The first-order valence-electron chi connectivity index (χ1n) is 8.52. The second-order valence-corrected chi connectivity index (χ2v) is 5.62. The fourth-order valence-electron chi connectivity index (χ4n) is 2.27. The molecule has 3 rings (SSSR count). The van der Waals surface area contributed by atoms with E-state index in [2.05, 4.69) is 30.3 Å². The van der Waals surface area contributed by atoms with Crippen LogP contribution in [-0.4, -0.2) is 16.2 Å². The van der Waals surface area contributed by atoms with Gasteiger partial charge < -0.3 is 19.9 Å². The number of rotatable bonds is 4. The zero-order valence-corrected chi connectivity index (χ0v) is 15.5. The number of anilines is 1. The molecule has 0 saturated heterocycles. The number of aromatic hydroxyl groups is 1. The van der Waals surface area contributed by atoms with Crippen LogP contribution in [0, 0.1) is 11.8 Å². The van der Waals surface area contributed by atoms with Crippen molar-refractivity contribution >= 4 is 11.7 Å². The van der Waals surface area contributed by atoms with Crippen LogP contribution in [0.3, 0.4) is 0 Å². The molecule has 0 atom stereocenters. The Morgan fingerprint density at radius 1 is 0.966 bits per heavy atom. The zero-order valence-electron chi connectivity index (χ0n) is 15.5. The lowest BCUT2D eigenvalue weighted by Gasteiger charge is -2.06. The molecule has 29 heavy (non-hydrogen) atoms. The molecule has 0 saturated carbocycles. The van der Waals surface area contributed by atoms with E-state index in [0.717, 1.165) is 22.9 Å². The highest BCUT2D eigenvalue weighted by molar-refractivity contribution is 5.87. The van der Waals surface area contributed by atoms with E-state index in [1.807, 2.05) is 24.3 Å². The fourth-order valence-corrected chi connectivity index (χ4v) is 2.27. The molecule has 0 aliphatic heterocycles. The molecule has 3 aromatic rings. The molecule has 0 fully saturated rings. The normalized spacial score (nSPS) is 9.38. The fraction of sp³-hybridized carbons (Fsp3) is 0.0435. The number of carbonyl (C=O) groups is 1. The first kappa shape index (κ1) is 21.1. The van der Waals surface area contributed by atoms with E-state index >= 15 is 0 Å². The van der Waals surface area contributed by atoms with Crippen molar-refractivity contribution in [3.63, 3.8) is 0 Å². The molecule has 0 radical (unpaired) electrons. The van der Waals surface area contributed by atoms with Gasteiger partial charge >= 0.3 is 5.97 Å². The van der Waals surface area contributed by atoms with E-state index in [9.17, 15) is 14.7 Å². The van der Waals surface area contributed by atoms with Crippen LogP contribution in [0.1, 0.15) is 27.2 Å². The molecular weight excluding hydrogens is 370 g/mol. The Labute approximate surface area is 167 Å². The van der Waals surface area contributed by atoms with Gasteiger partial charge in [0.05, 0.1) is 18.4 Å². The van der Waals surface area contributed by atoms with E-state index < -0.39 is 17.1 Å². The van der Waals surface area contributed by atoms with Gasteiger partial charge in [-0.15, -0.1) is 13.2 Å². The van der Waals surface area contributed by atoms with Gasteiger partial charge in [0.25, 0.3) is 0 Å². The third kappa shape index (κ3) is 5.88. The quantitative estimate of drug-likeness (QED) is 0.463. The lowest BCUT2D eigenvalue weighted by atomic mass is 10.1. The minimum Gasteiger partial charge on any atom is -0.502 e. The molecule has 2 aromatic carbocycles. The monoisotopic (exact) mass is 389 g/mol. The number of benzene rings is 2. The van der Waals surface area contributed by atoms with Crippen molar-refractivity contribution in [2.75, 3.05) is 5.32 Å². The summed E-state index contributed by atoms with van der Waals surface area (Å²) in [5.41, 5.74) is 2.02. The maximum Gasteiger partial charge on any atom is 0.335 e. The second kappa shape index (κ2) is 10.2. The third-order valence-electron chi connectivity index (χ3n) is 3.75. The lowest BCUT2D eigenvalue weighted by molar-refractivity contribution is 0.0697. The van der Waals surface area contributed by atoms with Crippen molar-refractivity contribution in [3.8, 4) is 17.6 Å². The summed E-state index contributed by atoms with van der Waals surface area (Å²) >= 11 is 0. The van der Waals surface area contributed by atoms with Crippen LogP contribution in [0.15, 0.2) is 83.2 Å². The van der Waals surface area contributed by atoms with Crippen LogP contribution in [0.2, 0.25) is 0 Å². The molecule has 0 aliphatic carbocycles. The van der Waals surface area contributed by atoms with Gasteiger partial charge in [-0.3, -0.25) is 4.79 Å². The summed E-state index contributed by atoms with van der Waals surface area (Å²) in [7, 11) is 0. The maximum atomic E-state index is 11.4. The van der Waals surface area contributed by atoms with Crippen molar-refractivity contribution in [1.29, 1.82) is 0 Å². The van der Waals surface area contributed by atoms with Gasteiger partial charge in [0, 0.05) is 22.9 Å². The number of carboxylic acids is 1. The predicted molar refractivity (Wildman–Crippen MR) is 111 cm³/mol. The number of aromatic carboxylic acids is 1. The van der Waals surface area contributed by atoms with Crippen molar-refractivity contribution in [3.05, 3.63) is 107 Å². The second-order valence-electron chi connectivity index (χ2n) is 5.62. The Morgan fingerprint density at radius 2 is 1.52 bits per heavy atom. The highest BCUT2D eigenvalue weighted by Gasteiger charge is 2.06. The molecule has 6 heteroatoms. The van der Waals surface area contributed by atoms with E-state index in [4.69, 9.17) is 9.52 Å². The molecule has 0 spiro atoms. The number of hydrogen-bond acceptors (Lipinski definition) is 5. The number of carboxylic acid groups (broad SMARTS) is 1. The van der Waals surface area contributed by atoms with Gasteiger partial charge in [-0.25, -0.2) is 4.79 Å². The SMILES string of the molecule is C=C.O=C(O)c1ccc(C#Cc2ccc(NCc3occc(=O)c3O)cc2)cc1. The molecule has 3 N–H and O–H groups in total. The highest BCUT2D eigenvalue weighted by atomic mass is 16.4. The predicted octanol–water partition coefficient (Wildman–Crippen LogP) is 3.86. The number of hydrogen-bond donors (Lipinski definition) is 3. The molecule has 1 aromatic heterocycles. The average molecular weight is 389 g/mol. The molecule has 1 heterocycles. The van der Waals surface area contributed by atoms with Gasteiger partial charge in [-0.05, 0) is 48.5 Å². The van der Waals surface area contributed by atoms with Crippen LogP contribution in [-0.2, 0) is 6.54 Å². The zero-order chi connectivity index (χ0) is 21.2. The van der Waals surface area contributed by atoms with E-state index in [-0.39, 0.29) is 17.9 Å². The van der Waals surface area contributed by atoms with E-state index in [0.29, 0.717) is 0 Å². The van der Waals surface area contributed by atoms with E-state index in [1.165, 1.54) is 18.4 Å². The standard InChI is InChI=1S/C21H15NO5.C2H4/c23-18-11-12-27-19(20(18)24)13-22-17-9-5-15(6-10-17)2-1-14-3-7-16(8-4-14)21(25)26;1-2/h3-12,22,24H,13H2,(H,25,26);1-2H2. The summed E-state index contributed by atoms with van der Waals surface area (Å²) < 4.78 is 5.12. The average Bonchev–Trinajstić information content (AvgIpc) is 2.76. The summed E-state index contributed by atoms with van der Waals surface area (Å²) in [5.74, 6) is 4.76. The van der Waals surface area contributed by atoms with Crippen LogP contribution in [0.25, 0.3) is 0 Å². The first-order valence-corrected chi connectivity index (χ1v) is 8.52. The van der Waals surface area contributed by atoms with Crippen molar-refractivity contribution < 1.29 is 19.4 Å². The van der Waals surface area contributed by atoms with Crippen LogP contribution in [0.5, 0.6) is 5.75 Å². The highest BCUT2D eigenvalue weighted by Crippen LogP contribution is 2.15. The summed E-state index contributed by atoms with van der Waals surface area (Å²) in [6.45, 7) is 6.17. The largest absolute Gasteiger partial charge is 0.502 e. The smallest absolute Gasteiger partial charge is 0.335 e. The molecule has 0 bridgehead atoms. The Hall–Kier alpha value is -4.24. The molecule has 0 aliphatic rings. The summed E-state index contributed by atoms with van der Waals surface area (Å²) in [6.07, 6.45) is 1.24. The Morgan fingerprint density at radius 3 is 2.07 bits per heavy atom. The third-order valence-corrected chi connectivity index (χ3v) is 3.75. The molecule has 0 unspecified atom stereocenters. The summed E-state index contributed by atoms with van der Waals surface area (Å²) in [5, 5.41) is 21.6. The first-order chi connectivity index (χ1) is 14.0. The Kier molecular flexibility index (Phi) is 7.40. The minimum absolute atomic E-state index is 0.163. The summed E-state index contributed by atoms with van der Waals surface area (Å²) in [4.78, 5) is 22.2. The molecular formula is C23H19NO5. The van der Waals surface area contributed by atoms with Gasteiger partial charge in [0.2, 0.25) is 11.2 Å². The van der Waals surface area contributed by atoms with Crippen LogP contribution >= 0.6 is 0 Å². The Bertz CT molecular complexity index is 1090. The van der Waals surface area contributed by atoms with Crippen molar-refractivity contribution in [1.82, 2.24) is 0 Å². The van der Waals surface area contributed by atoms with Gasteiger partial charge in [-0.2, -0.15) is 0 Å². The van der Waals surface area contributed by atoms with Crippen molar-refractivity contribution in [2.24, 2.45) is 0 Å². The summed E-state index contributed by atoms with van der Waals surface area (Å²) in [6, 6.07) is 14.8. The van der Waals surface area contributed by atoms with Gasteiger partial charge in [0.15, 0.2) is 5.76 Å². The molecule has 0 amide bonds. The van der Waals surface area contributed by atoms with Crippen LogP contribution in [0.4, 0.5) is 5.69 Å². The molecule has 6 nitrogen and oxygen atoms in total. The molecule has 146 valence electrons. The van der Waals surface area contributed by atoms with E-state index in [1.54, 1.807) is 12.1 Å². The number of nitrogens with one attached hydrogen (secondary N) is 1. The van der Waals surface area contributed by atoms with Gasteiger partial charge in [0.1, 0.15) is 0 Å². The minimum atomic E-state index is -0.972. The van der Waals surface area contributed by atoms with Gasteiger partial charge in [-0.1, -0.05) is 11.8 Å².